The molecule has 0 saturated carbocycles. The molecule has 0 aliphatic rings. The second-order valence-corrected chi connectivity index (χ2v) is 4.06. The lowest BCUT2D eigenvalue weighted by molar-refractivity contribution is 0.0700. The van der Waals surface area contributed by atoms with E-state index >= 15 is 0 Å². The van der Waals surface area contributed by atoms with Gasteiger partial charge in [0, 0.05) is 25.8 Å². The van der Waals surface area contributed by atoms with E-state index < -0.39 is 0 Å². The average molecular weight is 246 g/mol. The second-order valence-electron chi connectivity index (χ2n) is 4.06. The van der Waals surface area contributed by atoms with Crippen LogP contribution in [-0.2, 0) is 4.74 Å². The van der Waals surface area contributed by atoms with Crippen molar-refractivity contribution >= 4 is 5.91 Å². The third kappa shape index (κ3) is 4.19. The fourth-order valence-corrected chi connectivity index (χ4v) is 1.58. The molecule has 1 amide bonds. The minimum atomic E-state index is -0.0534. The molecule has 0 bridgehead atoms. The molecular weight excluding hydrogens is 228 g/mol. The Balaban J connectivity index is 2.74. The normalized spacial score (nSPS) is 9.83. The van der Waals surface area contributed by atoms with Crippen LogP contribution in [0.4, 0.5) is 0 Å². The molecular formula is C14H18N2O2. The summed E-state index contributed by atoms with van der Waals surface area (Å²) in [6.45, 7) is 3.40. The predicted octanol–water partition coefficient (Wildman–Crippen LogP) is 2.00. The van der Waals surface area contributed by atoms with Gasteiger partial charge in [0.05, 0.1) is 19.1 Å². The van der Waals surface area contributed by atoms with Crippen LogP contribution < -0.4 is 0 Å². The first-order valence-corrected chi connectivity index (χ1v) is 5.91. The molecule has 1 aromatic carbocycles. The summed E-state index contributed by atoms with van der Waals surface area (Å²) in [6, 6.07) is 9.49. The Labute approximate surface area is 108 Å². The van der Waals surface area contributed by atoms with Gasteiger partial charge in [0.25, 0.3) is 5.91 Å². The number of rotatable bonds is 6. The predicted molar refractivity (Wildman–Crippen MR) is 69.2 cm³/mol. The van der Waals surface area contributed by atoms with Crippen molar-refractivity contribution < 1.29 is 9.53 Å². The summed E-state index contributed by atoms with van der Waals surface area (Å²) in [5, 5.41) is 8.61. The van der Waals surface area contributed by atoms with Gasteiger partial charge in [-0.2, -0.15) is 5.26 Å². The van der Waals surface area contributed by atoms with Crippen molar-refractivity contribution in [1.29, 1.82) is 5.26 Å². The van der Waals surface area contributed by atoms with Crippen LogP contribution in [0.5, 0.6) is 0 Å². The first kappa shape index (κ1) is 14.2. The number of nitrogens with zero attached hydrogens (tertiary/aromatic N) is 2. The lowest BCUT2D eigenvalue weighted by Crippen LogP contribution is -2.34. The Morgan fingerprint density at radius 2 is 2.00 bits per heavy atom. The van der Waals surface area contributed by atoms with Gasteiger partial charge in [-0.1, -0.05) is 17.7 Å². The number of benzene rings is 1. The summed E-state index contributed by atoms with van der Waals surface area (Å²) < 4.78 is 4.98. The van der Waals surface area contributed by atoms with Crippen LogP contribution in [0.3, 0.4) is 0 Å². The van der Waals surface area contributed by atoms with Crippen molar-refractivity contribution in [1.82, 2.24) is 4.90 Å². The molecule has 0 spiro atoms. The van der Waals surface area contributed by atoms with Crippen molar-refractivity contribution in [2.75, 3.05) is 26.8 Å². The van der Waals surface area contributed by atoms with Gasteiger partial charge in [-0.25, -0.2) is 0 Å². The van der Waals surface area contributed by atoms with Gasteiger partial charge in [-0.05, 0) is 19.1 Å². The summed E-state index contributed by atoms with van der Waals surface area (Å²) in [7, 11) is 1.60. The fraction of sp³-hybridized carbons (Fsp3) is 0.429. The topological polar surface area (TPSA) is 53.3 Å². The number of carbonyl (C=O) groups is 1. The Bertz CT molecular complexity index is 420. The van der Waals surface area contributed by atoms with E-state index in [2.05, 4.69) is 6.07 Å². The van der Waals surface area contributed by atoms with Gasteiger partial charge in [-0.3, -0.25) is 4.79 Å². The molecule has 0 aromatic heterocycles. The van der Waals surface area contributed by atoms with Gasteiger partial charge < -0.3 is 9.64 Å². The molecule has 0 unspecified atom stereocenters. The molecule has 0 atom stereocenters. The summed E-state index contributed by atoms with van der Waals surface area (Å²) >= 11 is 0. The Hall–Kier alpha value is -1.86. The highest BCUT2D eigenvalue weighted by molar-refractivity contribution is 5.94. The first-order valence-electron chi connectivity index (χ1n) is 5.91. The van der Waals surface area contributed by atoms with Gasteiger partial charge in [0.15, 0.2) is 0 Å². The van der Waals surface area contributed by atoms with Crippen LogP contribution in [-0.4, -0.2) is 37.6 Å². The van der Waals surface area contributed by atoms with E-state index in [9.17, 15) is 4.79 Å². The van der Waals surface area contributed by atoms with Crippen LogP contribution in [0.1, 0.15) is 22.3 Å². The van der Waals surface area contributed by atoms with E-state index in [1.807, 2.05) is 31.2 Å². The number of hydrogen-bond acceptors (Lipinski definition) is 3. The fourth-order valence-electron chi connectivity index (χ4n) is 1.58. The van der Waals surface area contributed by atoms with E-state index in [0.717, 1.165) is 5.56 Å². The van der Waals surface area contributed by atoms with Crippen molar-refractivity contribution in [3.8, 4) is 6.07 Å². The van der Waals surface area contributed by atoms with Gasteiger partial charge in [0.2, 0.25) is 0 Å². The maximum absolute atomic E-state index is 12.2. The van der Waals surface area contributed by atoms with Gasteiger partial charge in [0.1, 0.15) is 0 Å². The molecule has 4 heteroatoms. The van der Waals surface area contributed by atoms with Crippen LogP contribution in [0, 0.1) is 18.3 Å². The first-order chi connectivity index (χ1) is 8.69. The highest BCUT2D eigenvalue weighted by Gasteiger charge is 2.14. The summed E-state index contributed by atoms with van der Waals surface area (Å²) in [4.78, 5) is 13.9. The molecule has 0 N–H and O–H groups in total. The molecule has 96 valence electrons. The van der Waals surface area contributed by atoms with Crippen LogP contribution in [0.15, 0.2) is 24.3 Å². The largest absolute Gasteiger partial charge is 0.383 e. The summed E-state index contributed by atoms with van der Waals surface area (Å²) in [5.74, 6) is -0.0534. The van der Waals surface area contributed by atoms with E-state index in [0.29, 0.717) is 31.7 Å². The van der Waals surface area contributed by atoms with Gasteiger partial charge in [-0.15, -0.1) is 0 Å². The zero-order chi connectivity index (χ0) is 13.4. The number of carbonyl (C=O) groups excluding carboxylic acids is 1. The van der Waals surface area contributed by atoms with Crippen molar-refractivity contribution in [2.45, 2.75) is 13.3 Å². The molecule has 0 aliphatic carbocycles. The molecule has 0 aliphatic heterocycles. The molecule has 1 rings (SSSR count). The number of methoxy groups -OCH3 is 1. The Morgan fingerprint density at radius 3 is 2.56 bits per heavy atom. The lowest BCUT2D eigenvalue weighted by atomic mass is 10.1. The van der Waals surface area contributed by atoms with Crippen LogP contribution >= 0.6 is 0 Å². The van der Waals surface area contributed by atoms with Crippen LogP contribution in [0.2, 0.25) is 0 Å². The third-order valence-electron chi connectivity index (χ3n) is 2.64. The Morgan fingerprint density at radius 1 is 1.33 bits per heavy atom. The zero-order valence-corrected chi connectivity index (χ0v) is 10.8. The lowest BCUT2D eigenvalue weighted by Gasteiger charge is -2.21. The van der Waals surface area contributed by atoms with E-state index in [-0.39, 0.29) is 5.91 Å². The van der Waals surface area contributed by atoms with Crippen LogP contribution in [0.25, 0.3) is 0 Å². The zero-order valence-electron chi connectivity index (χ0n) is 10.8. The molecule has 18 heavy (non-hydrogen) atoms. The molecule has 1 aromatic rings. The van der Waals surface area contributed by atoms with E-state index in [1.54, 1.807) is 12.0 Å². The quantitative estimate of drug-likeness (QED) is 0.771. The van der Waals surface area contributed by atoms with Crippen molar-refractivity contribution in [3.63, 3.8) is 0 Å². The molecule has 0 fully saturated rings. The minimum absolute atomic E-state index is 0.0534. The maximum atomic E-state index is 12.2. The molecule has 4 nitrogen and oxygen atoms in total. The highest BCUT2D eigenvalue weighted by atomic mass is 16.5. The Kier molecular flexibility index (Phi) is 5.89. The third-order valence-corrected chi connectivity index (χ3v) is 2.64. The number of aryl methyl sites for hydroxylation is 1. The monoisotopic (exact) mass is 246 g/mol. The summed E-state index contributed by atoms with van der Waals surface area (Å²) in [6.07, 6.45) is 0.335. The summed E-state index contributed by atoms with van der Waals surface area (Å²) in [5.41, 5.74) is 1.77. The number of ether oxygens (including phenoxy) is 1. The van der Waals surface area contributed by atoms with E-state index in [4.69, 9.17) is 10.00 Å². The average Bonchev–Trinajstić information content (AvgIpc) is 2.39. The molecule has 0 radical (unpaired) electrons. The number of amides is 1. The second kappa shape index (κ2) is 7.46. The standard InChI is InChI=1S/C14H18N2O2/c1-12-4-6-13(7-5-12)14(17)16(9-3-8-15)10-11-18-2/h4-7H,3,9-11H2,1-2H3. The molecule has 0 heterocycles. The highest BCUT2D eigenvalue weighted by Crippen LogP contribution is 2.07. The number of nitriles is 1. The van der Waals surface area contributed by atoms with E-state index in [1.165, 1.54) is 0 Å². The SMILES string of the molecule is COCCN(CCC#N)C(=O)c1ccc(C)cc1. The smallest absolute Gasteiger partial charge is 0.253 e. The molecule has 0 saturated heterocycles. The van der Waals surface area contributed by atoms with Crippen molar-refractivity contribution in [2.24, 2.45) is 0 Å². The number of hydrogen-bond donors (Lipinski definition) is 0. The van der Waals surface area contributed by atoms with Crippen molar-refractivity contribution in [3.05, 3.63) is 35.4 Å². The minimum Gasteiger partial charge on any atom is -0.383 e. The van der Waals surface area contributed by atoms with Gasteiger partial charge >= 0.3 is 0 Å². The maximum Gasteiger partial charge on any atom is 0.253 e.